The molecule has 0 bridgehead atoms. The van der Waals surface area contributed by atoms with Crippen molar-refractivity contribution in [2.24, 2.45) is 0 Å². The molecule has 0 amide bonds. The number of hydrogen-bond donors (Lipinski definition) is 1. The second-order valence-electron chi connectivity index (χ2n) is 5.51. The number of imidazole rings is 1. The molecule has 0 fully saturated rings. The molecule has 1 unspecified atom stereocenters. The maximum Gasteiger partial charge on any atom is 0.259 e. The number of nitrogens with zero attached hydrogens (tertiary/aromatic N) is 2. The van der Waals surface area contributed by atoms with E-state index < -0.39 is 10.0 Å². The molecule has 6 heteroatoms. The first-order valence-electron chi connectivity index (χ1n) is 6.98. The Hall–Kier alpha value is -0.880. The van der Waals surface area contributed by atoms with Crippen LogP contribution in [-0.2, 0) is 16.6 Å². The van der Waals surface area contributed by atoms with Gasteiger partial charge in [-0.05, 0) is 18.8 Å². The lowest BCUT2D eigenvalue weighted by molar-refractivity contribution is 0.451. The van der Waals surface area contributed by atoms with Crippen molar-refractivity contribution in [3.8, 4) is 0 Å². The van der Waals surface area contributed by atoms with Crippen LogP contribution in [0.5, 0.6) is 0 Å². The topological polar surface area (TPSA) is 64.0 Å². The first-order chi connectivity index (χ1) is 8.88. The van der Waals surface area contributed by atoms with E-state index in [0.717, 1.165) is 30.9 Å². The molecule has 0 saturated heterocycles. The van der Waals surface area contributed by atoms with Crippen LogP contribution in [0.15, 0.2) is 5.03 Å². The number of aromatic nitrogens is 2. The van der Waals surface area contributed by atoms with Gasteiger partial charge >= 0.3 is 0 Å². The summed E-state index contributed by atoms with van der Waals surface area (Å²) in [5.74, 6) is 1.37. The molecular weight excluding hydrogens is 262 g/mol. The molecule has 1 aliphatic heterocycles. The predicted octanol–water partition coefficient (Wildman–Crippen LogP) is 2.20. The zero-order valence-corrected chi connectivity index (χ0v) is 12.9. The summed E-state index contributed by atoms with van der Waals surface area (Å²) >= 11 is 0. The van der Waals surface area contributed by atoms with Gasteiger partial charge in [-0.1, -0.05) is 27.7 Å². The molecule has 2 rings (SSSR count). The van der Waals surface area contributed by atoms with Crippen LogP contribution in [0, 0.1) is 0 Å². The first kappa shape index (κ1) is 14.5. The van der Waals surface area contributed by atoms with Crippen LogP contribution in [0.2, 0.25) is 0 Å². The third-order valence-electron chi connectivity index (χ3n) is 3.59. The van der Waals surface area contributed by atoms with E-state index >= 15 is 0 Å². The van der Waals surface area contributed by atoms with Crippen molar-refractivity contribution in [3.63, 3.8) is 0 Å². The average molecular weight is 285 g/mol. The van der Waals surface area contributed by atoms with Crippen LogP contribution < -0.4 is 4.72 Å². The smallest absolute Gasteiger partial charge is 0.259 e. The fourth-order valence-corrected chi connectivity index (χ4v) is 4.08. The Morgan fingerprint density at radius 3 is 2.74 bits per heavy atom. The van der Waals surface area contributed by atoms with Gasteiger partial charge in [-0.25, -0.2) is 18.1 Å². The van der Waals surface area contributed by atoms with Gasteiger partial charge in [-0.2, -0.15) is 0 Å². The van der Waals surface area contributed by atoms with Crippen molar-refractivity contribution < 1.29 is 8.42 Å². The largest absolute Gasteiger partial charge is 0.330 e. The number of rotatable bonds is 4. The van der Waals surface area contributed by atoms with E-state index in [1.807, 2.05) is 0 Å². The fourth-order valence-electron chi connectivity index (χ4n) is 2.76. The zero-order chi connectivity index (χ0) is 14.2. The summed E-state index contributed by atoms with van der Waals surface area (Å²) in [5.41, 5.74) is 0.885. The van der Waals surface area contributed by atoms with E-state index in [-0.39, 0.29) is 16.9 Å². The molecular formula is C13H23N3O2S. The van der Waals surface area contributed by atoms with Gasteiger partial charge in [0.15, 0.2) is 5.03 Å². The minimum atomic E-state index is -3.48. The van der Waals surface area contributed by atoms with Crippen LogP contribution in [0.3, 0.4) is 0 Å². The lowest BCUT2D eigenvalue weighted by Crippen LogP contribution is -2.26. The van der Waals surface area contributed by atoms with Crippen LogP contribution in [0.1, 0.15) is 63.9 Å². The Morgan fingerprint density at radius 2 is 2.16 bits per heavy atom. The Balaban J connectivity index is 2.62. The molecule has 1 N–H and O–H groups in total. The van der Waals surface area contributed by atoms with E-state index in [9.17, 15) is 8.42 Å². The minimum absolute atomic E-state index is 0.231. The summed E-state index contributed by atoms with van der Waals surface area (Å²) in [7, 11) is -3.48. The highest BCUT2D eigenvalue weighted by Crippen LogP contribution is 2.34. The van der Waals surface area contributed by atoms with Gasteiger partial charge in [0.25, 0.3) is 10.0 Å². The van der Waals surface area contributed by atoms with Crippen molar-refractivity contribution in [3.05, 3.63) is 11.5 Å². The van der Waals surface area contributed by atoms with Gasteiger partial charge < -0.3 is 4.57 Å². The quantitative estimate of drug-likeness (QED) is 0.922. The second-order valence-corrected chi connectivity index (χ2v) is 7.19. The van der Waals surface area contributed by atoms with Crippen LogP contribution >= 0.6 is 0 Å². The Kier molecular flexibility index (Phi) is 4.01. The Morgan fingerprint density at radius 1 is 1.47 bits per heavy atom. The molecule has 2 heterocycles. The molecule has 108 valence electrons. The molecule has 0 spiro atoms. The summed E-state index contributed by atoms with van der Waals surface area (Å²) < 4.78 is 29.3. The predicted molar refractivity (Wildman–Crippen MR) is 74.8 cm³/mol. The standard InChI is InChI=1S/C13H23N3O2S/c1-5-14-19(17,18)13-11-10(4)7-6-8-16(11)12(15-13)9(2)3/h9-10,14H,5-8H2,1-4H3. The summed E-state index contributed by atoms with van der Waals surface area (Å²) in [5, 5.41) is 0.241. The maximum absolute atomic E-state index is 12.3. The van der Waals surface area contributed by atoms with Crippen LogP contribution in [0.4, 0.5) is 0 Å². The van der Waals surface area contributed by atoms with E-state index in [4.69, 9.17) is 0 Å². The molecule has 1 aromatic rings. The van der Waals surface area contributed by atoms with Gasteiger partial charge in [-0.15, -0.1) is 0 Å². The highest BCUT2D eigenvalue weighted by molar-refractivity contribution is 7.89. The van der Waals surface area contributed by atoms with Crippen LogP contribution in [0.25, 0.3) is 0 Å². The Bertz CT molecular complexity index is 561. The molecule has 0 saturated carbocycles. The van der Waals surface area contributed by atoms with E-state index in [2.05, 4.69) is 35.0 Å². The monoisotopic (exact) mass is 285 g/mol. The molecule has 1 atom stereocenters. The number of fused-ring (bicyclic) bond motifs is 1. The normalized spacial score (nSPS) is 19.7. The summed E-state index contributed by atoms with van der Waals surface area (Å²) in [6, 6.07) is 0. The highest BCUT2D eigenvalue weighted by Gasteiger charge is 2.32. The molecule has 0 radical (unpaired) electrons. The van der Waals surface area contributed by atoms with Gasteiger partial charge in [0.2, 0.25) is 0 Å². The zero-order valence-electron chi connectivity index (χ0n) is 12.1. The summed E-state index contributed by atoms with van der Waals surface area (Å²) in [4.78, 5) is 4.44. The van der Waals surface area contributed by atoms with Gasteiger partial charge in [-0.3, -0.25) is 0 Å². The number of hydrogen-bond acceptors (Lipinski definition) is 3. The van der Waals surface area contributed by atoms with Crippen molar-refractivity contribution >= 4 is 10.0 Å². The maximum atomic E-state index is 12.3. The number of sulfonamides is 1. The molecule has 1 aromatic heterocycles. The number of nitrogens with one attached hydrogen (secondary N) is 1. The third kappa shape index (κ3) is 2.56. The van der Waals surface area contributed by atoms with Crippen LogP contribution in [-0.4, -0.2) is 24.5 Å². The molecule has 0 aliphatic carbocycles. The molecule has 5 nitrogen and oxygen atoms in total. The van der Waals surface area contributed by atoms with E-state index in [1.54, 1.807) is 6.92 Å². The Labute approximate surface area is 115 Å². The van der Waals surface area contributed by atoms with Gasteiger partial charge in [0, 0.05) is 19.0 Å². The van der Waals surface area contributed by atoms with E-state index in [1.165, 1.54) is 0 Å². The average Bonchev–Trinajstić information content (AvgIpc) is 2.70. The van der Waals surface area contributed by atoms with Crippen molar-refractivity contribution in [1.82, 2.24) is 14.3 Å². The van der Waals surface area contributed by atoms with Gasteiger partial charge in [0.1, 0.15) is 5.82 Å². The summed E-state index contributed by atoms with van der Waals surface area (Å²) in [6.07, 6.45) is 2.11. The first-order valence-corrected chi connectivity index (χ1v) is 8.46. The lowest BCUT2D eigenvalue weighted by Gasteiger charge is -2.23. The minimum Gasteiger partial charge on any atom is -0.330 e. The van der Waals surface area contributed by atoms with E-state index in [0.29, 0.717) is 6.54 Å². The second kappa shape index (κ2) is 5.25. The van der Waals surface area contributed by atoms with Gasteiger partial charge in [0.05, 0.1) is 5.69 Å². The summed E-state index contributed by atoms with van der Waals surface area (Å²) in [6.45, 7) is 9.24. The molecule has 1 aliphatic rings. The SMILES string of the molecule is CCNS(=O)(=O)c1nc(C(C)C)n2c1C(C)CCC2. The van der Waals surface area contributed by atoms with Crippen molar-refractivity contribution in [1.29, 1.82) is 0 Å². The lowest BCUT2D eigenvalue weighted by atomic mass is 9.98. The molecule has 0 aromatic carbocycles. The molecule has 19 heavy (non-hydrogen) atoms. The fraction of sp³-hybridized carbons (Fsp3) is 0.769. The van der Waals surface area contributed by atoms with Crippen molar-refractivity contribution in [2.75, 3.05) is 6.54 Å². The third-order valence-corrected chi connectivity index (χ3v) is 5.07. The highest BCUT2D eigenvalue weighted by atomic mass is 32.2. The van der Waals surface area contributed by atoms with Crippen molar-refractivity contribution in [2.45, 2.75) is 63.9 Å².